The average Bonchev–Trinajstić information content (AvgIpc) is 2.71. The lowest BCUT2D eigenvalue weighted by molar-refractivity contribution is 0.620. The monoisotopic (exact) mass is 323 g/mol. The molecule has 0 saturated heterocycles. The molecule has 0 amide bonds. The third kappa shape index (κ3) is 1.79. The minimum Gasteiger partial charge on any atom is -0.267 e. The van der Waals surface area contributed by atoms with Crippen molar-refractivity contribution in [3.05, 3.63) is 63.1 Å². The first-order valence-corrected chi connectivity index (χ1v) is 6.80. The first-order valence-electron chi connectivity index (χ1n) is 5.23. The quantitative estimate of drug-likeness (QED) is 0.664. The number of hydrogen-bond donors (Lipinski definition) is 0. The fourth-order valence-corrected chi connectivity index (χ4v) is 2.99. The highest BCUT2D eigenvalue weighted by Gasteiger charge is 2.10. The Labute approximate surface area is 115 Å². The maximum Gasteiger partial charge on any atom is 0.273 e. The Morgan fingerprint density at radius 1 is 1.17 bits per heavy atom. The Kier molecular flexibility index (Phi) is 2.80. The minimum absolute atomic E-state index is 0.114. The van der Waals surface area contributed by atoms with Crippen LogP contribution >= 0.6 is 27.5 Å². The second-order valence-electron chi connectivity index (χ2n) is 3.79. The highest BCUT2D eigenvalue weighted by atomic mass is 79.9. The van der Waals surface area contributed by atoms with Gasteiger partial charge < -0.3 is 0 Å². The summed E-state index contributed by atoms with van der Waals surface area (Å²) in [6.45, 7) is 0. The van der Waals surface area contributed by atoms with E-state index in [1.807, 2.05) is 18.2 Å². The largest absolute Gasteiger partial charge is 0.273 e. The molecule has 0 radical (unpaired) electrons. The van der Waals surface area contributed by atoms with Crippen molar-refractivity contribution in [3.8, 4) is 5.69 Å². The van der Waals surface area contributed by atoms with Gasteiger partial charge in [-0.05, 0) is 40.2 Å². The Bertz CT molecular complexity index is 793. The number of rotatable bonds is 1. The van der Waals surface area contributed by atoms with Gasteiger partial charge >= 0.3 is 0 Å². The van der Waals surface area contributed by atoms with Gasteiger partial charge in [0.05, 0.1) is 20.2 Å². The minimum atomic E-state index is -0.378. The zero-order chi connectivity index (χ0) is 12.7. The molecule has 0 aliphatic heterocycles. The summed E-state index contributed by atoms with van der Waals surface area (Å²) >= 11 is 4.41. The van der Waals surface area contributed by atoms with Gasteiger partial charge in [0.1, 0.15) is 5.82 Å². The fraction of sp³-hybridized carbons (Fsp3) is 0. The lowest BCUT2D eigenvalue weighted by Crippen LogP contribution is -2.10. The molecular weight excluding hydrogens is 317 g/mol. The van der Waals surface area contributed by atoms with Crippen LogP contribution in [-0.2, 0) is 0 Å². The van der Waals surface area contributed by atoms with E-state index in [9.17, 15) is 9.18 Å². The van der Waals surface area contributed by atoms with E-state index >= 15 is 0 Å². The van der Waals surface area contributed by atoms with E-state index in [-0.39, 0.29) is 11.4 Å². The Morgan fingerprint density at radius 3 is 2.67 bits per heavy atom. The van der Waals surface area contributed by atoms with Gasteiger partial charge in [0.2, 0.25) is 0 Å². The third-order valence-corrected chi connectivity index (χ3v) is 4.38. The van der Waals surface area contributed by atoms with Crippen molar-refractivity contribution in [3.63, 3.8) is 0 Å². The van der Waals surface area contributed by atoms with Gasteiger partial charge in [0.15, 0.2) is 0 Å². The first-order chi connectivity index (χ1) is 8.66. The molecule has 5 heteroatoms. The standard InChI is InChI=1S/C13H7BrFNOS/c14-10-6-5-8(7-11(10)15)16-13(17)9-3-1-2-4-12(9)18-16/h1-7H. The topological polar surface area (TPSA) is 22.0 Å². The van der Waals surface area contributed by atoms with Crippen LogP contribution in [0.15, 0.2) is 51.7 Å². The van der Waals surface area contributed by atoms with Gasteiger partial charge in [-0.2, -0.15) is 0 Å². The molecule has 0 fully saturated rings. The molecule has 1 aromatic heterocycles. The molecule has 0 aliphatic carbocycles. The Balaban J connectivity index is 2.28. The van der Waals surface area contributed by atoms with Crippen molar-refractivity contribution in [1.29, 1.82) is 0 Å². The van der Waals surface area contributed by atoms with E-state index in [1.165, 1.54) is 21.6 Å². The van der Waals surface area contributed by atoms with Gasteiger partial charge in [-0.3, -0.25) is 4.79 Å². The second kappa shape index (κ2) is 4.33. The number of benzene rings is 2. The smallest absolute Gasteiger partial charge is 0.267 e. The summed E-state index contributed by atoms with van der Waals surface area (Å²) in [5.74, 6) is -0.378. The van der Waals surface area contributed by atoms with Crippen LogP contribution in [0.3, 0.4) is 0 Å². The zero-order valence-electron chi connectivity index (χ0n) is 9.06. The van der Waals surface area contributed by atoms with E-state index in [0.29, 0.717) is 15.5 Å². The molecule has 3 rings (SSSR count). The normalized spacial score (nSPS) is 11.0. The lowest BCUT2D eigenvalue weighted by atomic mass is 10.3. The van der Waals surface area contributed by atoms with Crippen molar-refractivity contribution >= 4 is 37.5 Å². The van der Waals surface area contributed by atoms with Crippen molar-refractivity contribution in [2.24, 2.45) is 0 Å². The highest BCUT2D eigenvalue weighted by molar-refractivity contribution is 9.10. The molecular formula is C13H7BrFNOS. The van der Waals surface area contributed by atoms with Gasteiger partial charge in [-0.25, -0.2) is 8.35 Å². The molecule has 0 bridgehead atoms. The molecule has 0 atom stereocenters. The van der Waals surface area contributed by atoms with Crippen molar-refractivity contribution in [1.82, 2.24) is 3.96 Å². The summed E-state index contributed by atoms with van der Waals surface area (Å²) in [4.78, 5) is 12.2. The molecule has 0 unspecified atom stereocenters. The summed E-state index contributed by atoms with van der Waals surface area (Å²) in [5.41, 5.74) is 0.430. The molecule has 0 N–H and O–H groups in total. The van der Waals surface area contributed by atoms with Crippen LogP contribution < -0.4 is 5.56 Å². The SMILES string of the molecule is O=c1c2ccccc2sn1-c1ccc(Br)c(F)c1. The Morgan fingerprint density at radius 2 is 1.94 bits per heavy atom. The number of halogens is 2. The summed E-state index contributed by atoms with van der Waals surface area (Å²) in [7, 11) is 0. The predicted octanol–water partition coefficient (Wildman–Crippen LogP) is 3.95. The Hall–Kier alpha value is -1.46. The number of aromatic nitrogens is 1. The molecule has 90 valence electrons. The van der Waals surface area contributed by atoms with Crippen molar-refractivity contribution < 1.29 is 4.39 Å². The summed E-state index contributed by atoms with van der Waals surface area (Å²) in [6, 6.07) is 12.0. The summed E-state index contributed by atoms with van der Waals surface area (Å²) in [6.07, 6.45) is 0. The van der Waals surface area contributed by atoms with Crippen LogP contribution in [0.5, 0.6) is 0 Å². The lowest BCUT2D eigenvalue weighted by Gasteiger charge is -2.01. The van der Waals surface area contributed by atoms with Gasteiger partial charge in [-0.15, -0.1) is 0 Å². The summed E-state index contributed by atoms with van der Waals surface area (Å²) in [5, 5.41) is 0.658. The molecule has 2 aromatic carbocycles. The fourth-order valence-electron chi connectivity index (χ4n) is 1.75. The van der Waals surface area contributed by atoms with Crippen LogP contribution in [0.2, 0.25) is 0 Å². The van der Waals surface area contributed by atoms with Gasteiger partial charge in [-0.1, -0.05) is 23.7 Å². The molecule has 1 heterocycles. The number of fused-ring (bicyclic) bond motifs is 1. The van der Waals surface area contributed by atoms with Crippen LogP contribution in [0.25, 0.3) is 15.8 Å². The van der Waals surface area contributed by atoms with Crippen molar-refractivity contribution in [2.75, 3.05) is 0 Å². The van der Waals surface area contributed by atoms with Crippen LogP contribution in [0.4, 0.5) is 4.39 Å². The predicted molar refractivity (Wildman–Crippen MR) is 75.1 cm³/mol. The highest BCUT2D eigenvalue weighted by Crippen LogP contribution is 2.23. The second-order valence-corrected chi connectivity index (χ2v) is 5.63. The van der Waals surface area contributed by atoms with E-state index in [0.717, 1.165) is 4.70 Å². The van der Waals surface area contributed by atoms with E-state index in [4.69, 9.17) is 0 Å². The van der Waals surface area contributed by atoms with Crippen LogP contribution in [0, 0.1) is 5.82 Å². The van der Waals surface area contributed by atoms with Crippen molar-refractivity contribution in [2.45, 2.75) is 0 Å². The molecule has 3 aromatic rings. The van der Waals surface area contributed by atoms with Crippen LogP contribution in [0.1, 0.15) is 0 Å². The van der Waals surface area contributed by atoms with Gasteiger partial charge in [0.25, 0.3) is 5.56 Å². The molecule has 18 heavy (non-hydrogen) atoms. The molecule has 0 saturated carbocycles. The molecule has 0 spiro atoms. The van der Waals surface area contributed by atoms with E-state index in [1.54, 1.807) is 18.2 Å². The zero-order valence-corrected chi connectivity index (χ0v) is 11.5. The maximum atomic E-state index is 13.5. The maximum absolute atomic E-state index is 13.5. The van der Waals surface area contributed by atoms with Crippen LogP contribution in [-0.4, -0.2) is 3.96 Å². The summed E-state index contributed by atoms with van der Waals surface area (Å²) < 4.78 is 16.3. The van der Waals surface area contributed by atoms with E-state index < -0.39 is 0 Å². The van der Waals surface area contributed by atoms with Gasteiger partial charge in [0, 0.05) is 6.07 Å². The number of hydrogen-bond acceptors (Lipinski definition) is 2. The average molecular weight is 324 g/mol. The molecule has 2 nitrogen and oxygen atoms in total. The third-order valence-electron chi connectivity index (χ3n) is 2.63. The number of nitrogens with zero attached hydrogens (tertiary/aromatic N) is 1. The first kappa shape index (κ1) is 11.6. The van der Waals surface area contributed by atoms with E-state index in [2.05, 4.69) is 15.9 Å². The molecule has 0 aliphatic rings.